The van der Waals surface area contributed by atoms with Crippen LogP contribution in [0.15, 0.2) is 59.4 Å². The molecule has 4 heteroatoms. The second-order valence-electron chi connectivity index (χ2n) is 6.27. The van der Waals surface area contributed by atoms with E-state index in [9.17, 15) is 9.90 Å². The van der Waals surface area contributed by atoms with Crippen molar-refractivity contribution in [2.45, 2.75) is 13.8 Å². The number of phenols is 1. The number of aromatic hydroxyl groups is 1. The first-order chi connectivity index (χ1) is 12.0. The summed E-state index contributed by atoms with van der Waals surface area (Å²) in [5.41, 5.74) is 3.39. The second-order valence-corrected chi connectivity index (χ2v) is 6.71. The van der Waals surface area contributed by atoms with Crippen LogP contribution in [0.5, 0.6) is 5.75 Å². The fourth-order valence-electron chi connectivity index (χ4n) is 3.47. The minimum atomic E-state index is -0.123. The van der Waals surface area contributed by atoms with Crippen molar-refractivity contribution in [2.24, 2.45) is 0 Å². The highest BCUT2D eigenvalue weighted by Crippen LogP contribution is 2.31. The quantitative estimate of drug-likeness (QED) is 0.485. The number of benzene rings is 3. The Hall–Kier alpha value is -2.78. The van der Waals surface area contributed by atoms with Crippen LogP contribution in [-0.4, -0.2) is 9.67 Å². The number of fused-ring (bicyclic) bond motifs is 3. The highest BCUT2D eigenvalue weighted by molar-refractivity contribution is 6.31. The summed E-state index contributed by atoms with van der Waals surface area (Å²) in [6, 6.07) is 16.3. The van der Waals surface area contributed by atoms with Gasteiger partial charge in [-0.1, -0.05) is 29.8 Å². The van der Waals surface area contributed by atoms with E-state index in [1.54, 1.807) is 34.9 Å². The minimum absolute atomic E-state index is 0.119. The lowest BCUT2D eigenvalue weighted by molar-refractivity contribution is 0.476. The molecule has 4 aromatic rings. The summed E-state index contributed by atoms with van der Waals surface area (Å²) in [6.07, 6.45) is 0. The zero-order valence-corrected chi connectivity index (χ0v) is 14.6. The smallest absolute Gasteiger partial charge is 0.263 e. The van der Waals surface area contributed by atoms with E-state index in [4.69, 9.17) is 11.6 Å². The summed E-state index contributed by atoms with van der Waals surface area (Å²) < 4.78 is 1.69. The van der Waals surface area contributed by atoms with Gasteiger partial charge in [0.2, 0.25) is 0 Å². The number of nitrogens with zero attached hydrogens (tertiary/aromatic N) is 1. The van der Waals surface area contributed by atoms with Crippen LogP contribution < -0.4 is 5.56 Å². The number of hydrogen-bond acceptors (Lipinski definition) is 2. The summed E-state index contributed by atoms with van der Waals surface area (Å²) >= 11 is 6.15. The molecule has 0 atom stereocenters. The molecule has 3 aromatic carbocycles. The molecule has 0 amide bonds. The Balaban J connectivity index is 2.31. The van der Waals surface area contributed by atoms with E-state index in [1.165, 1.54) is 0 Å². The number of phenolic OH excluding ortho intramolecular Hbond substituents is 1. The zero-order valence-electron chi connectivity index (χ0n) is 13.9. The van der Waals surface area contributed by atoms with Crippen molar-refractivity contribution in [3.8, 4) is 11.4 Å². The summed E-state index contributed by atoms with van der Waals surface area (Å²) in [4.78, 5) is 13.3. The van der Waals surface area contributed by atoms with Crippen LogP contribution in [0.1, 0.15) is 11.1 Å². The molecule has 1 heterocycles. The number of hydrogen-bond donors (Lipinski definition) is 1. The molecule has 0 radical (unpaired) electrons. The maximum Gasteiger partial charge on any atom is 0.263 e. The third kappa shape index (κ3) is 2.39. The molecule has 0 bridgehead atoms. The maximum atomic E-state index is 13.3. The first-order valence-corrected chi connectivity index (χ1v) is 8.39. The molecule has 1 N–H and O–H groups in total. The summed E-state index contributed by atoms with van der Waals surface area (Å²) in [6.45, 7) is 3.96. The van der Waals surface area contributed by atoms with Crippen LogP contribution in [0.2, 0.25) is 5.02 Å². The average molecular weight is 350 g/mol. The molecule has 0 aliphatic rings. The van der Waals surface area contributed by atoms with Crippen molar-refractivity contribution in [3.63, 3.8) is 0 Å². The maximum absolute atomic E-state index is 13.3. The summed E-state index contributed by atoms with van der Waals surface area (Å²) in [7, 11) is 0. The first kappa shape index (κ1) is 15.7. The Labute approximate surface area is 149 Å². The number of halogens is 1. The average Bonchev–Trinajstić information content (AvgIpc) is 2.57. The molecule has 25 heavy (non-hydrogen) atoms. The van der Waals surface area contributed by atoms with Crippen LogP contribution in [0, 0.1) is 13.8 Å². The Morgan fingerprint density at radius 3 is 2.28 bits per heavy atom. The first-order valence-electron chi connectivity index (χ1n) is 8.01. The zero-order chi connectivity index (χ0) is 17.7. The number of pyridine rings is 1. The van der Waals surface area contributed by atoms with Gasteiger partial charge < -0.3 is 5.11 Å². The topological polar surface area (TPSA) is 42.2 Å². The van der Waals surface area contributed by atoms with Gasteiger partial charge in [0.1, 0.15) is 5.75 Å². The number of aromatic nitrogens is 1. The van der Waals surface area contributed by atoms with Gasteiger partial charge in [-0.25, -0.2) is 0 Å². The van der Waals surface area contributed by atoms with Crippen LogP contribution >= 0.6 is 11.6 Å². The van der Waals surface area contributed by atoms with Gasteiger partial charge in [-0.2, -0.15) is 0 Å². The van der Waals surface area contributed by atoms with Gasteiger partial charge in [-0.05, 0) is 60.7 Å². The highest BCUT2D eigenvalue weighted by atomic mass is 35.5. The lowest BCUT2D eigenvalue weighted by Crippen LogP contribution is -2.21. The fourth-order valence-corrected chi connectivity index (χ4v) is 3.64. The van der Waals surface area contributed by atoms with Crippen LogP contribution in [-0.2, 0) is 0 Å². The molecule has 0 fully saturated rings. The van der Waals surface area contributed by atoms with Crippen molar-refractivity contribution < 1.29 is 5.11 Å². The van der Waals surface area contributed by atoms with Gasteiger partial charge in [-0.3, -0.25) is 9.36 Å². The van der Waals surface area contributed by atoms with Gasteiger partial charge in [0.15, 0.2) is 0 Å². The summed E-state index contributed by atoms with van der Waals surface area (Å²) in [5.74, 6) is 0.119. The molecule has 0 unspecified atom stereocenters. The summed E-state index contributed by atoms with van der Waals surface area (Å²) in [5, 5.41) is 12.9. The van der Waals surface area contributed by atoms with Crippen LogP contribution in [0.3, 0.4) is 0 Å². The molecule has 0 saturated carbocycles. The van der Waals surface area contributed by atoms with E-state index >= 15 is 0 Å². The molecule has 1 aromatic heterocycles. The number of aryl methyl sites for hydroxylation is 2. The van der Waals surface area contributed by atoms with Crippen molar-refractivity contribution in [1.29, 1.82) is 0 Å². The Bertz CT molecular complexity index is 1190. The van der Waals surface area contributed by atoms with Crippen molar-refractivity contribution >= 4 is 33.3 Å². The molecular formula is C21H16ClNO2. The SMILES string of the molecule is Cc1cccc(C)c1-n1c(=O)c2ccc(Cl)cc2c2ccc(O)cc21. The van der Waals surface area contributed by atoms with E-state index < -0.39 is 0 Å². The van der Waals surface area contributed by atoms with Gasteiger partial charge in [0, 0.05) is 21.9 Å². The van der Waals surface area contributed by atoms with Gasteiger partial charge in [-0.15, -0.1) is 0 Å². The van der Waals surface area contributed by atoms with Crippen LogP contribution in [0.4, 0.5) is 0 Å². The Morgan fingerprint density at radius 1 is 0.880 bits per heavy atom. The molecule has 4 rings (SSSR count). The standard InChI is InChI=1S/C21H16ClNO2/c1-12-4-3-5-13(2)20(12)23-19-11-15(24)7-9-16(19)18-10-14(22)6-8-17(18)21(23)25/h3-11,24H,1-2H3. The number of rotatable bonds is 1. The number of para-hydroxylation sites is 1. The molecule has 0 aliphatic carbocycles. The molecule has 3 nitrogen and oxygen atoms in total. The molecule has 0 aliphatic heterocycles. The molecule has 124 valence electrons. The largest absolute Gasteiger partial charge is 0.508 e. The fraction of sp³-hybridized carbons (Fsp3) is 0.0952. The van der Waals surface area contributed by atoms with Crippen LogP contribution in [0.25, 0.3) is 27.4 Å². The lowest BCUT2D eigenvalue weighted by atomic mass is 10.0. The molecular weight excluding hydrogens is 334 g/mol. The minimum Gasteiger partial charge on any atom is -0.508 e. The van der Waals surface area contributed by atoms with E-state index in [1.807, 2.05) is 38.1 Å². The monoisotopic (exact) mass is 349 g/mol. The van der Waals surface area contributed by atoms with E-state index in [-0.39, 0.29) is 11.3 Å². The van der Waals surface area contributed by atoms with Gasteiger partial charge in [0.25, 0.3) is 5.56 Å². The van der Waals surface area contributed by atoms with E-state index in [0.717, 1.165) is 27.6 Å². The van der Waals surface area contributed by atoms with E-state index in [2.05, 4.69) is 0 Å². The molecule has 0 saturated heterocycles. The third-order valence-corrected chi connectivity index (χ3v) is 4.83. The van der Waals surface area contributed by atoms with E-state index in [0.29, 0.717) is 15.9 Å². The van der Waals surface area contributed by atoms with Gasteiger partial charge in [0.05, 0.1) is 11.2 Å². The van der Waals surface area contributed by atoms with Crippen molar-refractivity contribution in [1.82, 2.24) is 4.57 Å². The Morgan fingerprint density at radius 2 is 1.56 bits per heavy atom. The Kier molecular flexibility index (Phi) is 3.55. The van der Waals surface area contributed by atoms with Crippen molar-refractivity contribution in [3.05, 3.63) is 81.1 Å². The van der Waals surface area contributed by atoms with Gasteiger partial charge >= 0.3 is 0 Å². The third-order valence-electron chi connectivity index (χ3n) is 4.59. The predicted molar refractivity (Wildman–Crippen MR) is 103 cm³/mol. The predicted octanol–water partition coefficient (Wildman–Crippen LogP) is 5.12. The van der Waals surface area contributed by atoms with Crippen molar-refractivity contribution in [2.75, 3.05) is 0 Å². The molecule has 0 spiro atoms. The normalized spacial score (nSPS) is 11.3. The lowest BCUT2D eigenvalue weighted by Gasteiger charge is -2.17. The highest BCUT2D eigenvalue weighted by Gasteiger charge is 2.15. The second kappa shape index (κ2) is 5.64.